The van der Waals surface area contributed by atoms with Crippen LogP contribution in [0.5, 0.6) is 0 Å². The number of nitrogens with one attached hydrogen (secondary N) is 2. The van der Waals surface area contributed by atoms with Gasteiger partial charge in [0.25, 0.3) is 5.91 Å². The Morgan fingerprint density at radius 2 is 2.04 bits per heavy atom. The molecule has 1 aromatic rings. The van der Waals surface area contributed by atoms with Crippen LogP contribution in [-0.4, -0.2) is 47.9 Å². The van der Waals surface area contributed by atoms with Crippen LogP contribution in [0.25, 0.3) is 0 Å². The normalized spacial score (nSPS) is 16.7. The molecule has 8 nitrogen and oxygen atoms in total. The molecule has 4 amide bonds. The Balaban J connectivity index is 1.41. The van der Waals surface area contributed by atoms with E-state index < -0.39 is 24.0 Å². The fraction of sp³-hybridized carbons (Fsp3) is 0.474. The molecule has 2 N–H and O–H groups in total. The molecular weight excluding hydrogens is 350 g/mol. The first-order valence-electron chi connectivity index (χ1n) is 9.14. The molecule has 1 heterocycles. The largest absolute Gasteiger partial charge is 0.453 e. The summed E-state index contributed by atoms with van der Waals surface area (Å²) in [6.45, 7) is 1.65. The molecule has 0 aromatic heterocycles. The van der Waals surface area contributed by atoms with E-state index in [9.17, 15) is 19.2 Å². The number of rotatable bonds is 7. The number of carbonyl (C=O) groups is 4. The lowest BCUT2D eigenvalue weighted by Crippen LogP contribution is -2.33. The van der Waals surface area contributed by atoms with Gasteiger partial charge in [-0.15, -0.1) is 0 Å². The number of aryl methyl sites for hydroxylation is 2. The Labute approximate surface area is 157 Å². The predicted octanol–water partition coefficient (Wildman–Crippen LogP) is 1.38. The number of anilines is 1. The summed E-state index contributed by atoms with van der Waals surface area (Å²) in [5, 5.41) is 5.18. The number of ether oxygens (including phenoxy) is 1. The van der Waals surface area contributed by atoms with Crippen LogP contribution in [0.3, 0.4) is 0 Å². The number of amides is 4. The van der Waals surface area contributed by atoms with E-state index in [1.807, 2.05) is 18.2 Å². The Bertz CT molecular complexity index is 761. The van der Waals surface area contributed by atoms with Crippen molar-refractivity contribution in [2.24, 2.45) is 0 Å². The molecule has 0 spiro atoms. The first-order chi connectivity index (χ1) is 12.9. The SMILES string of the molecule is C[C@@H](OC(=O)CCCN1C(=O)CNC1=O)C(=O)Nc1ccc2c(c1)CCC2. The molecule has 1 fully saturated rings. The first kappa shape index (κ1) is 18.9. The van der Waals surface area contributed by atoms with Gasteiger partial charge in [-0.2, -0.15) is 0 Å². The Morgan fingerprint density at radius 3 is 2.78 bits per heavy atom. The zero-order chi connectivity index (χ0) is 19.4. The summed E-state index contributed by atoms with van der Waals surface area (Å²) in [6.07, 6.45) is 2.60. The maximum atomic E-state index is 12.2. The van der Waals surface area contributed by atoms with Gasteiger partial charge < -0.3 is 15.4 Å². The molecule has 0 saturated carbocycles. The lowest BCUT2D eigenvalue weighted by molar-refractivity contribution is -0.153. The average molecular weight is 373 g/mol. The van der Waals surface area contributed by atoms with E-state index in [2.05, 4.69) is 10.6 Å². The second kappa shape index (κ2) is 8.20. The van der Waals surface area contributed by atoms with E-state index in [-0.39, 0.29) is 31.8 Å². The highest BCUT2D eigenvalue weighted by molar-refractivity contribution is 6.02. The van der Waals surface area contributed by atoms with Gasteiger partial charge in [0.15, 0.2) is 6.10 Å². The number of benzene rings is 1. The predicted molar refractivity (Wildman–Crippen MR) is 97.0 cm³/mol. The van der Waals surface area contributed by atoms with Crippen LogP contribution in [0.1, 0.15) is 37.3 Å². The molecule has 1 aromatic carbocycles. The van der Waals surface area contributed by atoms with E-state index in [0.717, 1.165) is 24.2 Å². The van der Waals surface area contributed by atoms with Gasteiger partial charge in [-0.1, -0.05) is 6.07 Å². The van der Waals surface area contributed by atoms with Gasteiger partial charge in [0.1, 0.15) is 0 Å². The van der Waals surface area contributed by atoms with Gasteiger partial charge >= 0.3 is 12.0 Å². The van der Waals surface area contributed by atoms with Crippen molar-refractivity contribution in [3.8, 4) is 0 Å². The highest BCUT2D eigenvalue weighted by atomic mass is 16.5. The molecule has 144 valence electrons. The Hall–Kier alpha value is -2.90. The second-order valence-corrected chi connectivity index (χ2v) is 6.77. The molecule has 27 heavy (non-hydrogen) atoms. The number of imide groups is 1. The smallest absolute Gasteiger partial charge is 0.324 e. The fourth-order valence-electron chi connectivity index (χ4n) is 3.27. The van der Waals surface area contributed by atoms with Gasteiger partial charge in [0.2, 0.25) is 5.91 Å². The second-order valence-electron chi connectivity index (χ2n) is 6.77. The van der Waals surface area contributed by atoms with Crippen LogP contribution in [0.15, 0.2) is 18.2 Å². The lowest BCUT2D eigenvalue weighted by atomic mass is 10.1. The number of fused-ring (bicyclic) bond motifs is 1. The maximum absolute atomic E-state index is 12.2. The van der Waals surface area contributed by atoms with Crippen LogP contribution in [0, 0.1) is 0 Å². The van der Waals surface area contributed by atoms with Crippen molar-refractivity contribution < 1.29 is 23.9 Å². The molecule has 1 aliphatic carbocycles. The number of carbonyl (C=O) groups excluding carboxylic acids is 4. The topological polar surface area (TPSA) is 105 Å². The van der Waals surface area contributed by atoms with E-state index in [4.69, 9.17) is 4.74 Å². The van der Waals surface area contributed by atoms with Crippen molar-refractivity contribution in [2.45, 2.75) is 45.1 Å². The van der Waals surface area contributed by atoms with Crippen molar-refractivity contribution in [3.63, 3.8) is 0 Å². The third-order valence-corrected chi connectivity index (χ3v) is 4.74. The number of hydrogen-bond donors (Lipinski definition) is 2. The van der Waals surface area contributed by atoms with Gasteiger partial charge in [-0.05, 0) is 55.9 Å². The van der Waals surface area contributed by atoms with Crippen molar-refractivity contribution >= 4 is 29.5 Å². The van der Waals surface area contributed by atoms with Crippen molar-refractivity contribution in [1.82, 2.24) is 10.2 Å². The number of nitrogens with zero attached hydrogens (tertiary/aromatic N) is 1. The standard InChI is InChI=1S/C19H23N3O5/c1-12(18(25)21-15-8-7-13-4-2-5-14(13)10-15)27-17(24)6-3-9-22-16(23)11-20-19(22)26/h7-8,10,12H,2-6,9,11H2,1H3,(H,20,26)(H,21,25)/t12-/m1/s1. The molecule has 0 bridgehead atoms. The summed E-state index contributed by atoms with van der Waals surface area (Å²) in [7, 11) is 0. The number of esters is 1. The molecule has 8 heteroatoms. The van der Waals surface area contributed by atoms with Crippen LogP contribution < -0.4 is 10.6 Å². The van der Waals surface area contributed by atoms with Gasteiger partial charge in [0.05, 0.1) is 6.54 Å². The zero-order valence-corrected chi connectivity index (χ0v) is 15.2. The summed E-state index contributed by atoms with van der Waals surface area (Å²) in [5.74, 6) is -1.25. The van der Waals surface area contributed by atoms with E-state index in [0.29, 0.717) is 5.69 Å². The highest BCUT2D eigenvalue weighted by Gasteiger charge is 2.28. The van der Waals surface area contributed by atoms with Crippen LogP contribution in [-0.2, 0) is 32.0 Å². The van der Waals surface area contributed by atoms with Crippen molar-refractivity contribution in [1.29, 1.82) is 0 Å². The molecule has 0 unspecified atom stereocenters. The lowest BCUT2D eigenvalue weighted by Gasteiger charge is -2.15. The minimum atomic E-state index is -0.928. The highest BCUT2D eigenvalue weighted by Crippen LogP contribution is 2.25. The molecule has 1 saturated heterocycles. The summed E-state index contributed by atoms with van der Waals surface area (Å²) in [4.78, 5) is 48.0. The van der Waals surface area contributed by atoms with E-state index >= 15 is 0 Å². The summed E-state index contributed by atoms with van der Waals surface area (Å²) in [6, 6.07) is 5.39. The Kier molecular flexibility index (Phi) is 5.73. The minimum absolute atomic E-state index is 0.0107. The van der Waals surface area contributed by atoms with Gasteiger partial charge in [-0.3, -0.25) is 19.3 Å². The third kappa shape index (κ3) is 4.64. The summed E-state index contributed by atoms with van der Waals surface area (Å²) < 4.78 is 5.14. The van der Waals surface area contributed by atoms with E-state index in [1.54, 1.807) is 0 Å². The summed E-state index contributed by atoms with van der Waals surface area (Å²) >= 11 is 0. The zero-order valence-electron chi connectivity index (χ0n) is 15.2. The number of hydrogen-bond acceptors (Lipinski definition) is 5. The number of urea groups is 1. The molecular formula is C19H23N3O5. The van der Waals surface area contributed by atoms with Crippen LogP contribution in [0.2, 0.25) is 0 Å². The first-order valence-corrected chi connectivity index (χ1v) is 9.14. The molecule has 1 atom stereocenters. The monoisotopic (exact) mass is 373 g/mol. The molecule has 3 rings (SSSR count). The molecule has 2 aliphatic rings. The average Bonchev–Trinajstić information content (AvgIpc) is 3.22. The van der Waals surface area contributed by atoms with Crippen LogP contribution in [0.4, 0.5) is 10.5 Å². The third-order valence-electron chi connectivity index (χ3n) is 4.74. The van der Waals surface area contributed by atoms with Crippen LogP contribution >= 0.6 is 0 Å². The van der Waals surface area contributed by atoms with Crippen molar-refractivity contribution in [2.75, 3.05) is 18.4 Å². The Morgan fingerprint density at radius 1 is 1.26 bits per heavy atom. The molecule has 0 radical (unpaired) electrons. The van der Waals surface area contributed by atoms with Gasteiger partial charge in [0, 0.05) is 18.7 Å². The minimum Gasteiger partial charge on any atom is -0.453 e. The molecule has 1 aliphatic heterocycles. The summed E-state index contributed by atoms with van der Waals surface area (Å²) in [5.41, 5.74) is 3.26. The fourth-order valence-corrected chi connectivity index (χ4v) is 3.27. The maximum Gasteiger partial charge on any atom is 0.324 e. The van der Waals surface area contributed by atoms with Crippen molar-refractivity contribution in [3.05, 3.63) is 29.3 Å². The van der Waals surface area contributed by atoms with Gasteiger partial charge in [-0.25, -0.2) is 4.79 Å². The van der Waals surface area contributed by atoms with E-state index in [1.165, 1.54) is 18.1 Å². The quantitative estimate of drug-likeness (QED) is 0.555.